The number of hydrogen-bond donors (Lipinski definition) is 1. The van der Waals surface area contributed by atoms with Crippen LogP contribution in [0.25, 0.3) is 0 Å². The Balaban J connectivity index is 1.77. The van der Waals surface area contributed by atoms with Crippen molar-refractivity contribution >= 4 is 12.1 Å². The zero-order chi connectivity index (χ0) is 18.6. The van der Waals surface area contributed by atoms with Crippen LogP contribution in [0.3, 0.4) is 0 Å². The van der Waals surface area contributed by atoms with Crippen molar-refractivity contribution in [3.63, 3.8) is 0 Å². The zero-order valence-electron chi connectivity index (χ0n) is 16.1. The van der Waals surface area contributed by atoms with Gasteiger partial charge in [-0.3, -0.25) is 0 Å². The van der Waals surface area contributed by atoms with Gasteiger partial charge in [-0.15, -0.1) is 0 Å². The molecule has 0 aliphatic carbocycles. The van der Waals surface area contributed by atoms with E-state index in [1.54, 1.807) is 24.0 Å². The molecule has 0 aromatic heterocycles. The lowest BCUT2D eigenvalue weighted by atomic mass is 10.1. The van der Waals surface area contributed by atoms with Gasteiger partial charge in [0.15, 0.2) is 0 Å². The van der Waals surface area contributed by atoms with E-state index >= 15 is 0 Å². The summed E-state index contributed by atoms with van der Waals surface area (Å²) in [5.41, 5.74) is -0.516. The molecule has 3 amide bonds. The van der Waals surface area contributed by atoms with Gasteiger partial charge in [0.1, 0.15) is 5.60 Å². The Morgan fingerprint density at radius 3 is 2.32 bits per heavy atom. The Hall–Kier alpha value is -1.54. The first kappa shape index (κ1) is 19.8. The van der Waals surface area contributed by atoms with Crippen LogP contribution < -0.4 is 5.32 Å². The van der Waals surface area contributed by atoms with E-state index < -0.39 is 5.60 Å². The number of likely N-dealkylation sites (N-methyl/N-ethyl adjacent to an activating group) is 1. The Morgan fingerprint density at radius 2 is 1.76 bits per heavy atom. The summed E-state index contributed by atoms with van der Waals surface area (Å²) in [7, 11) is 3.41. The summed E-state index contributed by atoms with van der Waals surface area (Å²) in [5.74, 6) is 0. The van der Waals surface area contributed by atoms with Gasteiger partial charge in [-0.25, -0.2) is 9.59 Å². The quantitative estimate of drug-likeness (QED) is 0.832. The fourth-order valence-electron chi connectivity index (χ4n) is 3.17. The van der Waals surface area contributed by atoms with Crippen molar-refractivity contribution < 1.29 is 19.2 Å². The topological polar surface area (TPSA) is 74.4 Å². The maximum Gasteiger partial charge on any atom is 0.410 e. The van der Waals surface area contributed by atoms with Crippen molar-refractivity contribution in [3.05, 3.63) is 0 Å². The smallest absolute Gasteiger partial charge is 0.410 e. The van der Waals surface area contributed by atoms with Crippen LogP contribution in [0.15, 0.2) is 0 Å². The third-order valence-corrected chi connectivity index (χ3v) is 4.72. The molecule has 0 radical (unpaired) electrons. The molecule has 0 aromatic rings. The van der Waals surface area contributed by atoms with Gasteiger partial charge < -0.3 is 24.7 Å². The Morgan fingerprint density at radius 1 is 1.12 bits per heavy atom. The average molecular weight is 356 g/mol. The van der Waals surface area contributed by atoms with Crippen molar-refractivity contribution in [2.24, 2.45) is 0 Å². The molecule has 0 aromatic carbocycles. The number of carbonyl (C=O) groups excluding carboxylic acids is 2. The van der Waals surface area contributed by atoms with E-state index in [9.17, 15) is 9.59 Å². The van der Waals surface area contributed by atoms with E-state index in [0.717, 1.165) is 32.4 Å². The van der Waals surface area contributed by atoms with Crippen LogP contribution >= 0.6 is 0 Å². The van der Waals surface area contributed by atoms with Gasteiger partial charge >= 0.3 is 12.1 Å². The lowest BCUT2D eigenvalue weighted by Gasteiger charge is -2.32. The van der Waals surface area contributed by atoms with E-state index in [2.05, 4.69) is 5.32 Å². The summed E-state index contributed by atoms with van der Waals surface area (Å²) >= 11 is 0. The summed E-state index contributed by atoms with van der Waals surface area (Å²) in [4.78, 5) is 33.2. The molecule has 2 fully saturated rings. The molecule has 1 atom stereocenters. The van der Waals surface area contributed by atoms with Gasteiger partial charge in [-0.2, -0.15) is 5.06 Å². The third kappa shape index (κ3) is 5.74. The fourth-order valence-corrected chi connectivity index (χ4v) is 3.17. The second kappa shape index (κ2) is 8.23. The minimum Gasteiger partial charge on any atom is -0.444 e. The predicted molar refractivity (Wildman–Crippen MR) is 94.1 cm³/mol. The van der Waals surface area contributed by atoms with Crippen LogP contribution in [0.2, 0.25) is 0 Å². The molecule has 2 rings (SSSR count). The fraction of sp³-hybridized carbons (Fsp3) is 0.882. The van der Waals surface area contributed by atoms with Gasteiger partial charge in [-0.1, -0.05) is 0 Å². The minimum absolute atomic E-state index is 0.00376. The number of ether oxygens (including phenoxy) is 1. The molecular formula is C17H32N4O4. The van der Waals surface area contributed by atoms with Crippen molar-refractivity contribution in [3.8, 4) is 0 Å². The molecule has 2 saturated heterocycles. The molecule has 0 saturated carbocycles. The number of hydroxylamine groups is 2. The highest BCUT2D eigenvalue weighted by molar-refractivity contribution is 5.75. The molecule has 25 heavy (non-hydrogen) atoms. The van der Waals surface area contributed by atoms with E-state index in [1.807, 2.05) is 25.8 Å². The Bertz CT molecular complexity index is 472. The number of nitrogens with one attached hydrogen (secondary N) is 1. The summed E-state index contributed by atoms with van der Waals surface area (Å²) in [5, 5.41) is 5.01. The second-order valence-corrected chi connectivity index (χ2v) is 7.82. The molecule has 2 aliphatic heterocycles. The van der Waals surface area contributed by atoms with E-state index in [4.69, 9.17) is 9.57 Å². The van der Waals surface area contributed by atoms with Crippen molar-refractivity contribution in [2.45, 2.75) is 57.7 Å². The lowest BCUT2D eigenvalue weighted by molar-refractivity contribution is -0.144. The SMILES string of the molecule is CON1CCC(NC(=O)N2CCC(N(C)C(=O)OC(C)(C)C)C2)CC1. The highest BCUT2D eigenvalue weighted by atomic mass is 16.7. The van der Waals surface area contributed by atoms with Gasteiger partial charge in [0.05, 0.1) is 13.2 Å². The van der Waals surface area contributed by atoms with Gasteiger partial charge in [0.25, 0.3) is 0 Å². The maximum absolute atomic E-state index is 12.5. The highest BCUT2D eigenvalue weighted by Crippen LogP contribution is 2.18. The molecule has 8 nitrogen and oxygen atoms in total. The summed E-state index contributed by atoms with van der Waals surface area (Å²) < 4.78 is 5.40. The largest absolute Gasteiger partial charge is 0.444 e. The number of hydrogen-bond acceptors (Lipinski definition) is 5. The number of amides is 3. The van der Waals surface area contributed by atoms with Crippen molar-refractivity contribution in [1.82, 2.24) is 20.2 Å². The van der Waals surface area contributed by atoms with Gasteiger partial charge in [-0.05, 0) is 40.0 Å². The lowest BCUT2D eigenvalue weighted by Crippen LogP contribution is -2.49. The van der Waals surface area contributed by atoms with Gasteiger partial charge in [0.2, 0.25) is 0 Å². The highest BCUT2D eigenvalue weighted by Gasteiger charge is 2.33. The van der Waals surface area contributed by atoms with Crippen LogP contribution in [0.1, 0.15) is 40.0 Å². The number of piperidine rings is 1. The monoisotopic (exact) mass is 356 g/mol. The number of carbonyl (C=O) groups is 2. The summed E-state index contributed by atoms with van der Waals surface area (Å²) in [6.45, 7) is 8.39. The standard InChI is InChI=1S/C17H32N4O4/c1-17(2,3)25-16(23)19(4)14-8-9-20(12-14)15(22)18-13-6-10-21(24-5)11-7-13/h13-14H,6-12H2,1-5H3,(H,18,22). The maximum atomic E-state index is 12.5. The normalized spacial score (nSPS) is 22.8. The molecule has 2 heterocycles. The number of likely N-dealkylation sites (tertiary alicyclic amines) is 1. The molecule has 0 bridgehead atoms. The van der Waals surface area contributed by atoms with Crippen LogP contribution in [-0.2, 0) is 9.57 Å². The third-order valence-electron chi connectivity index (χ3n) is 4.72. The molecule has 144 valence electrons. The molecule has 1 unspecified atom stereocenters. The second-order valence-electron chi connectivity index (χ2n) is 7.82. The van der Waals surface area contributed by atoms with Crippen LogP contribution in [-0.4, -0.2) is 85.0 Å². The van der Waals surface area contributed by atoms with E-state index in [0.29, 0.717) is 13.1 Å². The molecule has 8 heteroatoms. The average Bonchev–Trinajstić information content (AvgIpc) is 3.03. The van der Waals surface area contributed by atoms with Gasteiger partial charge in [0, 0.05) is 39.3 Å². The van der Waals surface area contributed by atoms with Crippen LogP contribution in [0.5, 0.6) is 0 Å². The number of urea groups is 1. The summed E-state index contributed by atoms with van der Waals surface area (Å²) in [6.07, 6.45) is 2.20. The first-order valence-corrected chi connectivity index (χ1v) is 9.00. The molecule has 2 aliphatic rings. The number of nitrogens with zero attached hydrogens (tertiary/aromatic N) is 3. The zero-order valence-corrected chi connectivity index (χ0v) is 16.1. The molecule has 1 N–H and O–H groups in total. The van der Waals surface area contributed by atoms with E-state index in [-0.39, 0.29) is 24.2 Å². The predicted octanol–water partition coefficient (Wildman–Crippen LogP) is 1.66. The first-order chi connectivity index (χ1) is 11.7. The van der Waals surface area contributed by atoms with Crippen molar-refractivity contribution in [2.75, 3.05) is 40.3 Å². The van der Waals surface area contributed by atoms with Crippen molar-refractivity contribution in [1.29, 1.82) is 0 Å². The number of rotatable bonds is 3. The van der Waals surface area contributed by atoms with Crippen LogP contribution in [0, 0.1) is 0 Å². The van der Waals surface area contributed by atoms with E-state index in [1.165, 1.54) is 0 Å². The molecule has 0 spiro atoms. The minimum atomic E-state index is -0.516. The first-order valence-electron chi connectivity index (χ1n) is 9.00. The Kier molecular flexibility index (Phi) is 6.51. The molecular weight excluding hydrogens is 324 g/mol. The Labute approximate surface area is 150 Å². The van der Waals surface area contributed by atoms with Crippen LogP contribution in [0.4, 0.5) is 9.59 Å². The summed E-state index contributed by atoms with van der Waals surface area (Å²) in [6, 6.07) is 0.133.